The quantitative estimate of drug-likeness (QED) is 0.791. The van der Waals surface area contributed by atoms with Crippen molar-refractivity contribution in [2.75, 3.05) is 43.2 Å². The molecule has 0 saturated carbocycles. The zero-order valence-corrected chi connectivity index (χ0v) is 15.5. The molecule has 1 atom stereocenters. The Bertz CT molecular complexity index is 715. The van der Waals surface area contributed by atoms with E-state index in [-0.39, 0.29) is 12.1 Å². The van der Waals surface area contributed by atoms with Crippen LogP contribution in [0.3, 0.4) is 0 Å². The normalized spacial score (nSPS) is 20.3. The molecule has 26 heavy (non-hydrogen) atoms. The molecule has 2 aliphatic heterocycles. The van der Waals surface area contributed by atoms with Crippen LogP contribution in [0.5, 0.6) is 0 Å². The first-order chi connectivity index (χ1) is 12.5. The average Bonchev–Trinajstić information content (AvgIpc) is 2.60. The van der Waals surface area contributed by atoms with Gasteiger partial charge in [-0.3, -0.25) is 4.90 Å². The third-order valence-electron chi connectivity index (χ3n) is 4.84. The first-order valence-corrected chi connectivity index (χ1v) is 8.91. The molecule has 3 rings (SSSR count). The van der Waals surface area contributed by atoms with Gasteiger partial charge in [0.15, 0.2) is 0 Å². The molecule has 0 aromatic heterocycles. The minimum atomic E-state index is -0.337. The number of ether oxygens (including phenoxy) is 2. The second-order valence-electron chi connectivity index (χ2n) is 6.62. The molecular formula is C19H26N4O3. The molecule has 1 unspecified atom stereocenters. The summed E-state index contributed by atoms with van der Waals surface area (Å²) >= 11 is 0. The molecule has 0 aliphatic carbocycles. The van der Waals surface area contributed by atoms with E-state index in [1.807, 2.05) is 31.4 Å². The number of hydrogen-bond donors (Lipinski definition) is 2. The summed E-state index contributed by atoms with van der Waals surface area (Å²) in [5.74, 6) is 0. The molecule has 7 heteroatoms. The van der Waals surface area contributed by atoms with Crippen molar-refractivity contribution >= 4 is 29.3 Å². The number of anilines is 2. The van der Waals surface area contributed by atoms with Gasteiger partial charge >= 0.3 is 6.09 Å². The molecule has 0 radical (unpaired) electrons. The molecule has 0 spiro atoms. The lowest BCUT2D eigenvalue weighted by Gasteiger charge is -2.40. The van der Waals surface area contributed by atoms with E-state index in [1.165, 1.54) is 6.21 Å². The van der Waals surface area contributed by atoms with Gasteiger partial charge in [0.1, 0.15) is 0 Å². The van der Waals surface area contributed by atoms with Crippen LogP contribution in [0, 0.1) is 5.41 Å². The highest BCUT2D eigenvalue weighted by atomic mass is 16.6. The number of benzene rings is 1. The highest BCUT2D eigenvalue weighted by Crippen LogP contribution is 2.37. The van der Waals surface area contributed by atoms with Crippen molar-refractivity contribution < 1.29 is 14.3 Å². The number of allylic oxidation sites excluding steroid dienone is 1. The number of carbonyl (C=O) groups excluding carboxylic acids is 1. The number of carbonyl (C=O) groups is 1. The van der Waals surface area contributed by atoms with Crippen LogP contribution >= 0.6 is 0 Å². The number of nitrogens with zero attached hydrogens (tertiary/aromatic N) is 2. The van der Waals surface area contributed by atoms with E-state index in [0.29, 0.717) is 32.4 Å². The van der Waals surface area contributed by atoms with Gasteiger partial charge in [-0.25, -0.2) is 4.79 Å². The first-order valence-electron chi connectivity index (χ1n) is 8.91. The second kappa shape index (κ2) is 7.78. The van der Waals surface area contributed by atoms with Crippen LogP contribution < -0.4 is 15.1 Å². The van der Waals surface area contributed by atoms with Crippen molar-refractivity contribution in [1.82, 2.24) is 5.32 Å². The minimum absolute atomic E-state index is 0.191. The fourth-order valence-corrected chi connectivity index (χ4v) is 3.06. The van der Waals surface area contributed by atoms with Crippen LogP contribution in [0.4, 0.5) is 16.2 Å². The Morgan fingerprint density at radius 1 is 1.42 bits per heavy atom. The zero-order chi connectivity index (χ0) is 18.7. The van der Waals surface area contributed by atoms with Gasteiger partial charge in [-0.15, -0.1) is 0 Å². The van der Waals surface area contributed by atoms with E-state index in [4.69, 9.17) is 14.9 Å². The van der Waals surface area contributed by atoms with Crippen molar-refractivity contribution in [1.29, 1.82) is 5.41 Å². The van der Waals surface area contributed by atoms with Crippen molar-refractivity contribution in [2.24, 2.45) is 0 Å². The lowest BCUT2D eigenvalue weighted by Crippen LogP contribution is -2.48. The zero-order valence-electron chi connectivity index (χ0n) is 15.5. The van der Waals surface area contributed by atoms with Crippen LogP contribution in [0.2, 0.25) is 0 Å². The van der Waals surface area contributed by atoms with Crippen molar-refractivity contribution in [3.8, 4) is 0 Å². The fraction of sp³-hybridized carbons (Fsp3) is 0.474. The number of amides is 1. The molecule has 1 aromatic carbocycles. The van der Waals surface area contributed by atoms with Gasteiger partial charge in [-0.05, 0) is 31.5 Å². The summed E-state index contributed by atoms with van der Waals surface area (Å²) in [5, 5.41) is 11.0. The number of likely N-dealkylation sites (N-methyl/N-ethyl adjacent to an activating group) is 1. The molecule has 7 nitrogen and oxygen atoms in total. The molecule has 140 valence electrons. The molecule has 1 amide bonds. The smallest absolute Gasteiger partial charge is 0.414 e. The molecule has 1 aromatic rings. The van der Waals surface area contributed by atoms with Crippen molar-refractivity contribution in [3.63, 3.8) is 0 Å². The maximum Gasteiger partial charge on any atom is 0.414 e. The summed E-state index contributed by atoms with van der Waals surface area (Å²) in [6.07, 6.45) is 2.82. The third kappa shape index (κ3) is 3.53. The fourth-order valence-electron chi connectivity index (χ4n) is 3.06. The Kier molecular flexibility index (Phi) is 5.46. The maximum atomic E-state index is 12.4. The van der Waals surface area contributed by atoms with Gasteiger partial charge in [0.05, 0.1) is 37.2 Å². The van der Waals surface area contributed by atoms with Crippen LogP contribution in [0.25, 0.3) is 5.57 Å². The lowest BCUT2D eigenvalue weighted by atomic mass is 10.0. The maximum absolute atomic E-state index is 12.4. The van der Waals surface area contributed by atoms with E-state index in [1.54, 1.807) is 11.8 Å². The lowest BCUT2D eigenvalue weighted by molar-refractivity contribution is 0.000845. The summed E-state index contributed by atoms with van der Waals surface area (Å²) < 4.78 is 10.4. The Balaban J connectivity index is 1.93. The van der Waals surface area contributed by atoms with E-state index in [0.717, 1.165) is 22.5 Å². The van der Waals surface area contributed by atoms with E-state index < -0.39 is 0 Å². The number of rotatable bonds is 5. The molecule has 2 aliphatic rings. The van der Waals surface area contributed by atoms with Gasteiger partial charge in [-0.2, -0.15) is 0 Å². The Morgan fingerprint density at radius 2 is 2.19 bits per heavy atom. The minimum Gasteiger partial charge on any atom is -0.449 e. The van der Waals surface area contributed by atoms with Gasteiger partial charge < -0.3 is 25.1 Å². The Morgan fingerprint density at radius 3 is 2.81 bits per heavy atom. The number of hydrogen-bond acceptors (Lipinski definition) is 6. The standard InChI is InChI=1S/C19H26N4O3/c1-4-26-19(24)23-10-13(2)22(3)17-6-5-14(7-18(17)23)15(8-20)9-21-16-11-25-12-16/h5-9,13,16,20-21H,4,10-12H2,1-3H3/b15-9+,20-8?. The summed E-state index contributed by atoms with van der Waals surface area (Å²) in [4.78, 5) is 16.3. The molecular weight excluding hydrogens is 332 g/mol. The molecule has 2 N–H and O–H groups in total. The Labute approximate surface area is 154 Å². The molecule has 1 fully saturated rings. The average molecular weight is 358 g/mol. The summed E-state index contributed by atoms with van der Waals surface area (Å²) in [7, 11) is 2.02. The molecule has 0 bridgehead atoms. The predicted octanol–water partition coefficient (Wildman–Crippen LogP) is 2.47. The largest absolute Gasteiger partial charge is 0.449 e. The highest BCUT2D eigenvalue weighted by Gasteiger charge is 2.30. The molecule has 2 heterocycles. The molecule has 1 saturated heterocycles. The monoisotopic (exact) mass is 358 g/mol. The number of fused-ring (bicyclic) bond motifs is 1. The summed E-state index contributed by atoms with van der Waals surface area (Å²) in [5.41, 5.74) is 3.42. The number of nitrogens with one attached hydrogen (secondary N) is 2. The predicted molar refractivity (Wildman–Crippen MR) is 103 cm³/mol. The Hall–Kier alpha value is -2.54. The van der Waals surface area contributed by atoms with Crippen LogP contribution in [-0.4, -0.2) is 57.8 Å². The topological polar surface area (TPSA) is 77.9 Å². The van der Waals surface area contributed by atoms with E-state index in [9.17, 15) is 4.79 Å². The van der Waals surface area contributed by atoms with Crippen LogP contribution in [-0.2, 0) is 9.47 Å². The van der Waals surface area contributed by atoms with Gasteiger partial charge in [-0.1, -0.05) is 6.07 Å². The van der Waals surface area contributed by atoms with Crippen molar-refractivity contribution in [3.05, 3.63) is 30.0 Å². The van der Waals surface area contributed by atoms with Crippen molar-refractivity contribution in [2.45, 2.75) is 25.9 Å². The SMILES string of the molecule is CCOC(=O)N1CC(C)N(C)c2ccc(/C(C=N)=C/NC3COC3)cc21. The summed E-state index contributed by atoms with van der Waals surface area (Å²) in [6.45, 7) is 6.16. The first kappa shape index (κ1) is 18.3. The van der Waals surface area contributed by atoms with E-state index >= 15 is 0 Å². The van der Waals surface area contributed by atoms with Gasteiger partial charge in [0.25, 0.3) is 0 Å². The van der Waals surface area contributed by atoms with Gasteiger partial charge in [0.2, 0.25) is 0 Å². The van der Waals surface area contributed by atoms with Crippen LogP contribution in [0.1, 0.15) is 19.4 Å². The van der Waals surface area contributed by atoms with Crippen LogP contribution in [0.15, 0.2) is 24.4 Å². The third-order valence-corrected chi connectivity index (χ3v) is 4.84. The second-order valence-corrected chi connectivity index (χ2v) is 6.62. The highest BCUT2D eigenvalue weighted by molar-refractivity contribution is 6.09. The van der Waals surface area contributed by atoms with E-state index in [2.05, 4.69) is 17.1 Å². The summed E-state index contributed by atoms with van der Waals surface area (Å²) in [6, 6.07) is 6.41. The van der Waals surface area contributed by atoms with Gasteiger partial charge in [0, 0.05) is 37.6 Å².